The number of nitrogens with one attached hydrogen (secondary N) is 2. The minimum absolute atomic E-state index is 0.0735. The van der Waals surface area contributed by atoms with Gasteiger partial charge in [0.2, 0.25) is 5.89 Å². The van der Waals surface area contributed by atoms with Crippen LogP contribution in [0.2, 0.25) is 0 Å². The molecule has 1 atom stereocenters. The second-order valence-corrected chi connectivity index (χ2v) is 7.35. The first-order valence-electron chi connectivity index (χ1n) is 9.84. The third-order valence-corrected chi connectivity index (χ3v) is 4.85. The second-order valence-electron chi connectivity index (χ2n) is 7.35. The number of aryl methyl sites for hydroxylation is 1. The van der Waals surface area contributed by atoms with Gasteiger partial charge in [0, 0.05) is 19.2 Å². The van der Waals surface area contributed by atoms with Crippen molar-refractivity contribution >= 4 is 5.96 Å². The molecule has 0 saturated heterocycles. The minimum atomic E-state index is -0.237. The summed E-state index contributed by atoms with van der Waals surface area (Å²) in [6, 6.07) is 14.7. The summed E-state index contributed by atoms with van der Waals surface area (Å²) in [5, 5.41) is 6.58. The van der Waals surface area contributed by atoms with Gasteiger partial charge in [0.05, 0.1) is 18.3 Å². The lowest BCUT2D eigenvalue weighted by Crippen LogP contribution is -2.41. The molecule has 3 aromatic rings. The Morgan fingerprint density at radius 3 is 2.43 bits per heavy atom. The SMILES string of the molecule is CN=C(NCc1coc(-c2ccc(C)cc2)n1)NCC(c1ccc(F)cc1)N(C)C. The predicted octanol–water partition coefficient (Wildman–Crippen LogP) is 3.76. The molecular formula is C23H28FN5O. The molecule has 7 heteroatoms. The fourth-order valence-electron chi connectivity index (χ4n) is 3.09. The van der Waals surface area contributed by atoms with Gasteiger partial charge in [-0.25, -0.2) is 9.37 Å². The average molecular weight is 410 g/mol. The Morgan fingerprint density at radius 2 is 1.80 bits per heavy atom. The van der Waals surface area contributed by atoms with E-state index in [-0.39, 0.29) is 11.9 Å². The Kier molecular flexibility index (Phi) is 7.19. The van der Waals surface area contributed by atoms with E-state index < -0.39 is 0 Å². The lowest BCUT2D eigenvalue weighted by molar-refractivity contribution is 0.298. The van der Waals surface area contributed by atoms with Gasteiger partial charge in [-0.3, -0.25) is 4.99 Å². The summed E-state index contributed by atoms with van der Waals surface area (Å²) in [6.45, 7) is 3.15. The Balaban J connectivity index is 1.57. The molecule has 0 fully saturated rings. The maximum Gasteiger partial charge on any atom is 0.226 e. The zero-order valence-electron chi connectivity index (χ0n) is 17.8. The third kappa shape index (κ3) is 5.67. The summed E-state index contributed by atoms with van der Waals surface area (Å²) in [6.07, 6.45) is 1.65. The van der Waals surface area contributed by atoms with E-state index in [0.29, 0.717) is 24.9 Å². The molecule has 1 aromatic heterocycles. The van der Waals surface area contributed by atoms with E-state index in [2.05, 4.69) is 25.5 Å². The normalized spacial score (nSPS) is 12.8. The molecule has 0 aliphatic rings. The number of oxazole rings is 1. The van der Waals surface area contributed by atoms with Crippen LogP contribution in [0.15, 0.2) is 64.2 Å². The van der Waals surface area contributed by atoms with E-state index in [1.54, 1.807) is 25.4 Å². The molecule has 0 bridgehead atoms. The maximum absolute atomic E-state index is 13.2. The van der Waals surface area contributed by atoms with Crippen molar-refractivity contribution in [1.29, 1.82) is 0 Å². The lowest BCUT2D eigenvalue weighted by Gasteiger charge is -2.26. The maximum atomic E-state index is 13.2. The van der Waals surface area contributed by atoms with Gasteiger partial charge in [0.15, 0.2) is 5.96 Å². The summed E-state index contributed by atoms with van der Waals surface area (Å²) in [4.78, 5) is 10.9. The number of likely N-dealkylation sites (N-methyl/N-ethyl adjacent to an activating group) is 1. The number of aliphatic imine (C=N–C) groups is 1. The highest BCUT2D eigenvalue weighted by Crippen LogP contribution is 2.19. The zero-order chi connectivity index (χ0) is 21.5. The number of guanidine groups is 1. The number of nitrogens with zero attached hydrogens (tertiary/aromatic N) is 3. The molecule has 2 aromatic carbocycles. The molecule has 6 nitrogen and oxygen atoms in total. The quantitative estimate of drug-likeness (QED) is 0.460. The van der Waals surface area contributed by atoms with Crippen molar-refractivity contribution in [3.63, 3.8) is 0 Å². The number of hydrogen-bond donors (Lipinski definition) is 2. The fourth-order valence-corrected chi connectivity index (χ4v) is 3.09. The molecular weight excluding hydrogens is 381 g/mol. The van der Waals surface area contributed by atoms with Crippen molar-refractivity contribution < 1.29 is 8.81 Å². The van der Waals surface area contributed by atoms with Crippen LogP contribution in [0.3, 0.4) is 0 Å². The predicted molar refractivity (Wildman–Crippen MR) is 118 cm³/mol. The van der Waals surface area contributed by atoms with Crippen LogP contribution in [0, 0.1) is 12.7 Å². The smallest absolute Gasteiger partial charge is 0.226 e. The van der Waals surface area contributed by atoms with Crippen LogP contribution >= 0.6 is 0 Å². The van der Waals surface area contributed by atoms with Crippen molar-refractivity contribution in [3.05, 3.63) is 77.4 Å². The number of aromatic nitrogens is 1. The highest BCUT2D eigenvalue weighted by atomic mass is 19.1. The van der Waals surface area contributed by atoms with Crippen LogP contribution < -0.4 is 10.6 Å². The van der Waals surface area contributed by atoms with Crippen LogP contribution in [0.1, 0.15) is 22.9 Å². The first kappa shape index (κ1) is 21.5. The largest absolute Gasteiger partial charge is 0.444 e. The van der Waals surface area contributed by atoms with E-state index in [1.807, 2.05) is 45.3 Å². The average Bonchev–Trinajstić information content (AvgIpc) is 3.21. The highest BCUT2D eigenvalue weighted by Gasteiger charge is 2.15. The lowest BCUT2D eigenvalue weighted by atomic mass is 10.1. The Morgan fingerprint density at radius 1 is 1.10 bits per heavy atom. The monoisotopic (exact) mass is 409 g/mol. The molecule has 0 spiro atoms. The summed E-state index contributed by atoms with van der Waals surface area (Å²) < 4.78 is 18.8. The van der Waals surface area contributed by atoms with Crippen LogP contribution in [0.5, 0.6) is 0 Å². The first-order chi connectivity index (χ1) is 14.5. The number of halogens is 1. The van der Waals surface area contributed by atoms with Crippen molar-refractivity contribution in [2.75, 3.05) is 27.7 Å². The number of hydrogen-bond acceptors (Lipinski definition) is 4. The van der Waals surface area contributed by atoms with Crippen LogP contribution in [-0.2, 0) is 6.54 Å². The van der Waals surface area contributed by atoms with Crippen molar-refractivity contribution in [3.8, 4) is 11.5 Å². The Labute approximate surface area is 176 Å². The molecule has 0 aliphatic heterocycles. The standard InChI is InChI=1S/C23H28FN5O/c1-16-5-7-18(8-6-16)22-28-20(15-30-22)13-26-23(25-2)27-14-21(29(3)4)17-9-11-19(24)12-10-17/h5-12,15,21H,13-14H2,1-4H3,(H2,25,26,27). The summed E-state index contributed by atoms with van der Waals surface area (Å²) >= 11 is 0. The van der Waals surface area contributed by atoms with Gasteiger partial charge in [0.25, 0.3) is 0 Å². The van der Waals surface area contributed by atoms with Crippen molar-refractivity contribution in [1.82, 2.24) is 20.5 Å². The van der Waals surface area contributed by atoms with Gasteiger partial charge >= 0.3 is 0 Å². The topological polar surface area (TPSA) is 65.7 Å². The van der Waals surface area contributed by atoms with Crippen molar-refractivity contribution in [2.45, 2.75) is 19.5 Å². The van der Waals surface area contributed by atoms with Crippen molar-refractivity contribution in [2.24, 2.45) is 4.99 Å². The van der Waals surface area contributed by atoms with E-state index in [1.165, 1.54) is 17.7 Å². The molecule has 1 heterocycles. The Hall–Kier alpha value is -3.19. The van der Waals surface area contributed by atoms with Gasteiger partial charge in [-0.05, 0) is 50.8 Å². The van der Waals surface area contributed by atoms with Gasteiger partial charge in [-0.2, -0.15) is 0 Å². The van der Waals surface area contributed by atoms with Crippen LogP contribution in [-0.4, -0.2) is 43.5 Å². The highest BCUT2D eigenvalue weighted by molar-refractivity contribution is 5.79. The summed E-state index contributed by atoms with van der Waals surface area (Å²) in [5.41, 5.74) is 3.96. The van der Waals surface area contributed by atoms with E-state index in [0.717, 1.165) is 16.8 Å². The van der Waals surface area contributed by atoms with E-state index in [4.69, 9.17) is 4.42 Å². The van der Waals surface area contributed by atoms with E-state index >= 15 is 0 Å². The van der Waals surface area contributed by atoms with Gasteiger partial charge in [-0.15, -0.1) is 0 Å². The first-order valence-corrected chi connectivity index (χ1v) is 9.84. The molecule has 0 radical (unpaired) electrons. The van der Waals surface area contributed by atoms with Gasteiger partial charge < -0.3 is 20.0 Å². The second kappa shape index (κ2) is 10.0. The Bertz CT molecular complexity index is 964. The van der Waals surface area contributed by atoms with Crippen LogP contribution in [0.25, 0.3) is 11.5 Å². The molecule has 0 aliphatic carbocycles. The molecule has 3 rings (SSSR count). The number of benzene rings is 2. The van der Waals surface area contributed by atoms with E-state index in [9.17, 15) is 4.39 Å². The summed E-state index contributed by atoms with van der Waals surface area (Å²) in [7, 11) is 5.71. The summed E-state index contributed by atoms with van der Waals surface area (Å²) in [5.74, 6) is 1.02. The molecule has 158 valence electrons. The molecule has 1 unspecified atom stereocenters. The third-order valence-electron chi connectivity index (χ3n) is 4.85. The molecule has 0 saturated carbocycles. The zero-order valence-corrected chi connectivity index (χ0v) is 17.8. The number of rotatable bonds is 7. The molecule has 2 N–H and O–H groups in total. The van der Waals surface area contributed by atoms with Gasteiger partial charge in [0.1, 0.15) is 12.1 Å². The van der Waals surface area contributed by atoms with Gasteiger partial charge in [-0.1, -0.05) is 29.8 Å². The van der Waals surface area contributed by atoms with Crippen LogP contribution in [0.4, 0.5) is 4.39 Å². The minimum Gasteiger partial charge on any atom is -0.444 e. The molecule has 30 heavy (non-hydrogen) atoms. The molecule has 0 amide bonds. The fraction of sp³-hybridized carbons (Fsp3) is 0.304.